The fourth-order valence-corrected chi connectivity index (χ4v) is 20.6. The second-order valence-electron chi connectivity index (χ2n) is 15.9. The van der Waals surface area contributed by atoms with Crippen LogP contribution in [0.4, 0.5) is 34.1 Å². The third-order valence-corrected chi connectivity index (χ3v) is 22.5. The molecule has 0 atom stereocenters. The molecule has 0 spiro atoms. The first-order valence-corrected chi connectivity index (χ1v) is 24.9. The van der Waals surface area contributed by atoms with E-state index in [9.17, 15) is 10.5 Å². The van der Waals surface area contributed by atoms with Crippen molar-refractivity contribution in [3.63, 3.8) is 0 Å². The molecule has 0 radical (unpaired) electrons. The second kappa shape index (κ2) is 14.9. The number of benzene rings is 9. The van der Waals surface area contributed by atoms with Gasteiger partial charge in [-0.3, -0.25) is 0 Å². The van der Waals surface area contributed by atoms with Gasteiger partial charge in [0.1, 0.15) is 0 Å². The SMILES string of the molecule is N#Cc1ccc2c(c1)[Si](c1ccccc1)(c1ccccc1)c1ccccc1N2c1cccc(N2c3ccccc3[Si](c3ccccc3)(c3ccccc3)c3cc(C#N)ccc32)c1. The molecule has 11 rings (SSSR count). The largest absolute Gasteiger partial charge is 0.311 e. The van der Waals surface area contributed by atoms with Gasteiger partial charge in [-0.1, -0.05) is 164 Å². The summed E-state index contributed by atoms with van der Waals surface area (Å²) in [5, 5.41) is 30.8. The lowest BCUT2D eigenvalue weighted by atomic mass is 10.1. The van der Waals surface area contributed by atoms with Crippen molar-refractivity contribution in [2.75, 3.05) is 9.80 Å². The van der Waals surface area contributed by atoms with Gasteiger partial charge in [0.15, 0.2) is 16.1 Å². The second-order valence-corrected chi connectivity index (χ2v) is 23.3. The zero-order chi connectivity index (χ0) is 41.7. The summed E-state index contributed by atoms with van der Waals surface area (Å²) in [5.41, 5.74) is 7.69. The standard InChI is InChI=1S/C56H38N4Si2/c57-39-41-32-34-51-55(36-41)61(45-20-5-1-6-21-45,46-22-7-2-8-23-46)53-30-15-13-28-49(53)59(51)43-18-17-19-44(38-43)60-50-29-14-16-31-54(50)62(47-24-9-3-10-25-47,48-26-11-4-12-27-48)56-37-42(40-58)33-35-52(56)60/h1-38H. The van der Waals surface area contributed by atoms with Crippen molar-refractivity contribution in [3.05, 3.63) is 242 Å². The monoisotopic (exact) mass is 822 g/mol. The average molecular weight is 823 g/mol. The molecule has 6 heteroatoms. The highest BCUT2D eigenvalue weighted by Gasteiger charge is 2.51. The summed E-state index contributed by atoms with van der Waals surface area (Å²) in [6, 6.07) is 87.7. The number of anilines is 6. The summed E-state index contributed by atoms with van der Waals surface area (Å²) < 4.78 is 0. The molecule has 9 aromatic carbocycles. The van der Waals surface area contributed by atoms with Crippen LogP contribution in [0.1, 0.15) is 11.1 Å². The highest BCUT2D eigenvalue weighted by Crippen LogP contribution is 2.43. The van der Waals surface area contributed by atoms with Gasteiger partial charge in [-0.15, -0.1) is 0 Å². The minimum atomic E-state index is -2.95. The maximum atomic E-state index is 10.4. The van der Waals surface area contributed by atoms with E-state index in [0.29, 0.717) is 11.1 Å². The van der Waals surface area contributed by atoms with Crippen LogP contribution in [-0.2, 0) is 0 Å². The normalized spacial score (nSPS) is 14.0. The highest BCUT2D eigenvalue weighted by molar-refractivity contribution is 7.22. The Balaban J connectivity index is 1.17. The summed E-state index contributed by atoms with van der Waals surface area (Å²) in [6.07, 6.45) is 0. The van der Waals surface area contributed by atoms with Crippen LogP contribution in [0.5, 0.6) is 0 Å². The summed E-state index contributed by atoms with van der Waals surface area (Å²) in [6.45, 7) is 0. The Morgan fingerprint density at radius 1 is 0.290 bits per heavy atom. The lowest BCUT2D eigenvalue weighted by molar-refractivity contribution is 1.25. The van der Waals surface area contributed by atoms with E-state index in [0.717, 1.165) is 34.1 Å². The Morgan fingerprint density at radius 3 is 0.968 bits per heavy atom. The van der Waals surface area contributed by atoms with Crippen molar-refractivity contribution in [2.45, 2.75) is 0 Å². The Morgan fingerprint density at radius 2 is 0.613 bits per heavy atom. The van der Waals surface area contributed by atoms with Crippen LogP contribution in [0.3, 0.4) is 0 Å². The summed E-state index contributed by atoms with van der Waals surface area (Å²) in [4.78, 5) is 4.80. The van der Waals surface area contributed by atoms with Crippen molar-refractivity contribution < 1.29 is 0 Å². The Kier molecular flexibility index (Phi) is 8.91. The molecule has 2 aliphatic heterocycles. The predicted molar refractivity (Wildman–Crippen MR) is 260 cm³/mol. The van der Waals surface area contributed by atoms with E-state index in [1.54, 1.807) is 0 Å². The highest BCUT2D eigenvalue weighted by atomic mass is 28.3. The number of nitriles is 2. The number of hydrogen-bond donors (Lipinski definition) is 0. The molecule has 0 fully saturated rings. The van der Waals surface area contributed by atoms with Crippen LogP contribution in [0.25, 0.3) is 0 Å². The summed E-state index contributed by atoms with van der Waals surface area (Å²) in [5.74, 6) is 0. The van der Waals surface area contributed by atoms with E-state index in [4.69, 9.17) is 0 Å². The van der Waals surface area contributed by atoms with Crippen LogP contribution in [-0.4, -0.2) is 16.1 Å². The van der Waals surface area contributed by atoms with Crippen molar-refractivity contribution in [2.24, 2.45) is 0 Å². The molecule has 0 saturated heterocycles. The van der Waals surface area contributed by atoms with Crippen molar-refractivity contribution in [1.29, 1.82) is 10.5 Å². The molecule has 0 N–H and O–H groups in total. The fraction of sp³-hybridized carbons (Fsp3) is 0. The Labute approximate surface area is 364 Å². The molecule has 0 aromatic heterocycles. The summed E-state index contributed by atoms with van der Waals surface area (Å²) >= 11 is 0. The van der Waals surface area contributed by atoms with Gasteiger partial charge < -0.3 is 9.80 Å². The third kappa shape index (κ3) is 5.42. The molecule has 290 valence electrons. The molecule has 2 heterocycles. The molecule has 4 nitrogen and oxygen atoms in total. The van der Waals surface area contributed by atoms with Gasteiger partial charge in [-0.2, -0.15) is 10.5 Å². The molecule has 0 aliphatic carbocycles. The molecule has 2 aliphatic rings. The van der Waals surface area contributed by atoms with E-state index >= 15 is 0 Å². The number of hydrogen-bond acceptors (Lipinski definition) is 4. The molecule has 0 amide bonds. The van der Waals surface area contributed by atoms with Crippen LogP contribution in [0.15, 0.2) is 231 Å². The van der Waals surface area contributed by atoms with Crippen molar-refractivity contribution in [1.82, 2.24) is 0 Å². The predicted octanol–water partition coefficient (Wildman–Crippen LogP) is 7.75. The first-order chi connectivity index (χ1) is 30.7. The number of nitrogens with zero attached hydrogens (tertiary/aromatic N) is 4. The smallest absolute Gasteiger partial charge is 0.184 e. The van der Waals surface area contributed by atoms with E-state index in [1.807, 2.05) is 12.1 Å². The molecule has 0 bridgehead atoms. The Bertz CT molecular complexity index is 2940. The molecule has 9 aromatic rings. The van der Waals surface area contributed by atoms with Gasteiger partial charge in [0.25, 0.3) is 0 Å². The van der Waals surface area contributed by atoms with E-state index < -0.39 is 16.1 Å². The number of rotatable bonds is 6. The molecular weight excluding hydrogens is 785 g/mol. The zero-order valence-corrected chi connectivity index (χ0v) is 35.7. The summed E-state index contributed by atoms with van der Waals surface area (Å²) in [7, 11) is -5.91. The fourth-order valence-electron chi connectivity index (χ4n) is 10.4. The van der Waals surface area contributed by atoms with E-state index in [2.05, 4.69) is 240 Å². The zero-order valence-electron chi connectivity index (χ0n) is 33.7. The first kappa shape index (κ1) is 37.0. The van der Waals surface area contributed by atoms with Crippen LogP contribution >= 0.6 is 0 Å². The van der Waals surface area contributed by atoms with Gasteiger partial charge in [0, 0.05) is 34.1 Å². The molecular formula is C56H38N4Si2. The Hall–Kier alpha value is -8.01. The van der Waals surface area contributed by atoms with Crippen molar-refractivity contribution in [3.8, 4) is 12.1 Å². The maximum Gasteiger partial charge on any atom is 0.184 e. The third-order valence-electron chi connectivity index (χ3n) is 12.8. The van der Waals surface area contributed by atoms with Crippen molar-refractivity contribution >= 4 is 91.8 Å². The topological polar surface area (TPSA) is 54.1 Å². The lowest BCUT2D eigenvalue weighted by Gasteiger charge is -2.46. The van der Waals surface area contributed by atoms with Gasteiger partial charge >= 0.3 is 0 Å². The number of para-hydroxylation sites is 2. The first-order valence-electron chi connectivity index (χ1n) is 20.9. The number of fused-ring (bicyclic) bond motifs is 4. The quantitative estimate of drug-likeness (QED) is 0.161. The maximum absolute atomic E-state index is 10.4. The van der Waals surface area contributed by atoms with Gasteiger partial charge in [-0.05, 0) is 108 Å². The van der Waals surface area contributed by atoms with Gasteiger partial charge in [-0.25, -0.2) is 0 Å². The minimum Gasteiger partial charge on any atom is -0.311 e. The lowest BCUT2D eigenvalue weighted by Crippen LogP contribution is -2.77. The molecule has 62 heavy (non-hydrogen) atoms. The molecule has 0 unspecified atom stereocenters. The minimum absolute atomic E-state index is 0.642. The molecule has 0 saturated carbocycles. The van der Waals surface area contributed by atoms with Gasteiger partial charge in [0.2, 0.25) is 0 Å². The van der Waals surface area contributed by atoms with Crippen LogP contribution in [0.2, 0.25) is 0 Å². The average Bonchev–Trinajstić information content (AvgIpc) is 3.35. The van der Waals surface area contributed by atoms with Crippen LogP contribution < -0.4 is 51.3 Å². The van der Waals surface area contributed by atoms with Gasteiger partial charge in [0.05, 0.1) is 23.3 Å². The van der Waals surface area contributed by atoms with E-state index in [1.165, 1.54) is 41.5 Å². The van der Waals surface area contributed by atoms with E-state index in [-0.39, 0.29) is 0 Å². The van der Waals surface area contributed by atoms with Crippen LogP contribution in [0, 0.1) is 22.7 Å².